The first-order valence-electron chi connectivity index (χ1n) is 16.7. The molecule has 0 aromatic heterocycles. The van der Waals surface area contributed by atoms with Gasteiger partial charge in [-0.1, -0.05) is 76.6 Å². The van der Waals surface area contributed by atoms with Gasteiger partial charge in [0.05, 0.1) is 19.1 Å². The maximum Gasteiger partial charge on any atom is 0.290 e. The molecule has 13 heteroatoms. The summed E-state index contributed by atoms with van der Waals surface area (Å²) >= 11 is 0. The average molecular weight is 666 g/mol. The maximum atomic E-state index is 13.4. The van der Waals surface area contributed by atoms with Crippen LogP contribution in [0, 0.1) is 11.8 Å². The van der Waals surface area contributed by atoms with Gasteiger partial charge in [-0.3, -0.25) is 33.7 Å². The fraction of sp³-hybridized carbons (Fsp3) is 0.543. The zero-order valence-electron chi connectivity index (χ0n) is 28.7. The van der Waals surface area contributed by atoms with E-state index < -0.39 is 60.0 Å². The van der Waals surface area contributed by atoms with Gasteiger partial charge >= 0.3 is 0 Å². The Morgan fingerprint density at radius 3 is 2.10 bits per heavy atom. The van der Waals surface area contributed by atoms with Gasteiger partial charge in [-0.25, -0.2) is 0 Å². The number of ketones is 1. The normalized spacial score (nSPS) is 16.4. The van der Waals surface area contributed by atoms with Gasteiger partial charge in [0, 0.05) is 32.6 Å². The summed E-state index contributed by atoms with van der Waals surface area (Å²) in [4.78, 5) is 81.6. The highest BCUT2D eigenvalue weighted by Crippen LogP contribution is 2.17. The van der Waals surface area contributed by atoms with Gasteiger partial charge in [-0.2, -0.15) is 0 Å². The first-order valence-corrected chi connectivity index (χ1v) is 16.7. The lowest BCUT2D eigenvalue weighted by molar-refractivity contribution is -0.142. The summed E-state index contributed by atoms with van der Waals surface area (Å²) in [6.07, 6.45) is 0.961. The van der Waals surface area contributed by atoms with Crippen molar-refractivity contribution in [3.63, 3.8) is 0 Å². The van der Waals surface area contributed by atoms with E-state index in [4.69, 9.17) is 5.73 Å². The number of likely N-dealkylation sites (N-methyl/N-ethyl adjacent to an activating group) is 1. The molecule has 262 valence electrons. The molecule has 1 unspecified atom stereocenters. The largest absolute Gasteiger partial charge is 0.368 e. The van der Waals surface area contributed by atoms with Crippen LogP contribution in [0.2, 0.25) is 0 Å². The maximum absolute atomic E-state index is 13.4. The predicted molar refractivity (Wildman–Crippen MR) is 184 cm³/mol. The van der Waals surface area contributed by atoms with Crippen LogP contribution in [0.4, 0.5) is 0 Å². The van der Waals surface area contributed by atoms with E-state index in [2.05, 4.69) is 26.2 Å². The second kappa shape index (κ2) is 18.3. The summed E-state index contributed by atoms with van der Waals surface area (Å²) in [6, 6.07) is 10.3. The number of nitrogens with zero attached hydrogens (tertiary/aromatic N) is 2. The molecule has 48 heavy (non-hydrogen) atoms. The van der Waals surface area contributed by atoms with E-state index in [1.54, 1.807) is 6.92 Å². The predicted octanol–water partition coefficient (Wildman–Crippen LogP) is 0.347. The highest BCUT2D eigenvalue weighted by molar-refractivity contribution is 6.38. The minimum Gasteiger partial charge on any atom is -0.368 e. The van der Waals surface area contributed by atoms with Crippen LogP contribution in [-0.4, -0.2) is 110 Å². The van der Waals surface area contributed by atoms with Crippen LogP contribution in [0.5, 0.6) is 0 Å². The van der Waals surface area contributed by atoms with Crippen LogP contribution in [0.3, 0.4) is 0 Å². The second-order valence-corrected chi connectivity index (χ2v) is 13.2. The number of amides is 5. The first kappa shape index (κ1) is 38.1. The van der Waals surface area contributed by atoms with Crippen molar-refractivity contribution in [3.05, 3.63) is 48.0 Å². The number of carbonyl (C=O) groups excluding carboxylic acids is 6. The Morgan fingerprint density at radius 2 is 1.48 bits per heavy atom. The fourth-order valence-corrected chi connectivity index (χ4v) is 5.57. The van der Waals surface area contributed by atoms with Crippen molar-refractivity contribution in [3.8, 4) is 0 Å². The summed E-state index contributed by atoms with van der Waals surface area (Å²) < 4.78 is 0. The molecule has 3 rings (SSSR count). The summed E-state index contributed by atoms with van der Waals surface area (Å²) in [5.41, 5.74) is 6.34. The lowest BCUT2D eigenvalue weighted by Crippen LogP contribution is -2.57. The standard InChI is InChI=1S/C35H51N7O6/c1-6-23(4)31(40-34(47)28(17-22(2)3)39-30(44)21-42-15-13-41(5)14-16-42)32(45)35(48)37-20-29(43)38-27(33(36)46)19-24-11-12-25-9-7-8-10-26(25)18-24/h7-12,18,22-23,27-28,31H,6,13-17,19-21H2,1-5H3,(H2,36,46)(H,37,48)(H,38,43)(H,39,44)(H,40,47)/t23-,27-,28-,31?/m0/s1. The third-order valence-electron chi connectivity index (χ3n) is 8.68. The van der Waals surface area contributed by atoms with Crippen molar-refractivity contribution in [2.75, 3.05) is 46.3 Å². The van der Waals surface area contributed by atoms with Crippen molar-refractivity contribution in [2.45, 2.75) is 65.1 Å². The van der Waals surface area contributed by atoms with Crippen LogP contribution in [0.15, 0.2) is 42.5 Å². The van der Waals surface area contributed by atoms with Crippen molar-refractivity contribution in [2.24, 2.45) is 17.6 Å². The van der Waals surface area contributed by atoms with E-state index in [0.29, 0.717) is 12.8 Å². The number of rotatable bonds is 17. The minimum atomic E-state index is -1.18. The molecule has 1 aliphatic heterocycles. The van der Waals surface area contributed by atoms with Crippen LogP contribution in [-0.2, 0) is 35.2 Å². The molecule has 0 saturated carbocycles. The lowest BCUT2D eigenvalue weighted by atomic mass is 9.93. The summed E-state index contributed by atoms with van der Waals surface area (Å²) in [5, 5.41) is 12.4. The van der Waals surface area contributed by atoms with Crippen molar-refractivity contribution in [1.82, 2.24) is 31.1 Å². The van der Waals surface area contributed by atoms with Crippen molar-refractivity contribution in [1.29, 1.82) is 0 Å². The van der Waals surface area contributed by atoms with Crippen LogP contribution in [0.25, 0.3) is 10.8 Å². The molecule has 0 spiro atoms. The number of carbonyl (C=O) groups is 6. The number of benzene rings is 2. The van der Waals surface area contributed by atoms with E-state index in [9.17, 15) is 28.8 Å². The quantitative estimate of drug-likeness (QED) is 0.150. The molecule has 5 amide bonds. The third kappa shape index (κ3) is 11.7. The smallest absolute Gasteiger partial charge is 0.290 e. The van der Waals surface area contributed by atoms with Crippen molar-refractivity contribution < 1.29 is 28.8 Å². The Labute approximate surface area is 282 Å². The molecule has 1 fully saturated rings. The Bertz CT molecular complexity index is 1460. The highest BCUT2D eigenvalue weighted by Gasteiger charge is 2.34. The monoisotopic (exact) mass is 665 g/mol. The van der Waals surface area contributed by atoms with E-state index >= 15 is 0 Å². The number of piperazine rings is 1. The van der Waals surface area contributed by atoms with E-state index in [1.807, 2.05) is 75.2 Å². The summed E-state index contributed by atoms with van der Waals surface area (Å²) in [6.45, 7) is 10.2. The topological polar surface area (TPSA) is 183 Å². The lowest BCUT2D eigenvalue weighted by Gasteiger charge is -2.32. The number of fused-ring (bicyclic) bond motifs is 1. The number of hydrogen-bond donors (Lipinski definition) is 5. The van der Waals surface area contributed by atoms with Gasteiger partial charge in [0.25, 0.3) is 5.91 Å². The van der Waals surface area contributed by atoms with E-state index in [0.717, 1.165) is 42.5 Å². The van der Waals surface area contributed by atoms with Gasteiger partial charge in [-0.05, 0) is 41.6 Å². The molecular formula is C35H51N7O6. The third-order valence-corrected chi connectivity index (χ3v) is 8.68. The molecule has 2 aromatic carbocycles. The molecule has 6 N–H and O–H groups in total. The Kier molecular flexibility index (Phi) is 14.5. The second-order valence-electron chi connectivity index (χ2n) is 13.2. The molecular weight excluding hydrogens is 614 g/mol. The molecule has 0 radical (unpaired) electrons. The SMILES string of the molecule is CC[C@H](C)C(NC(=O)[C@H](CC(C)C)NC(=O)CN1CCN(C)CC1)C(=O)C(=O)NCC(=O)N[C@@H](Cc1ccc2ccccc2c1)C(N)=O. The van der Waals surface area contributed by atoms with Crippen LogP contribution in [0.1, 0.15) is 46.1 Å². The molecule has 13 nitrogen and oxygen atoms in total. The number of primary amides is 1. The molecule has 0 bridgehead atoms. The summed E-state index contributed by atoms with van der Waals surface area (Å²) in [5.74, 6) is -4.61. The fourth-order valence-electron chi connectivity index (χ4n) is 5.57. The number of Topliss-reactive ketones (excluding diaryl/α,β-unsaturated/α-hetero) is 1. The highest BCUT2D eigenvalue weighted by atomic mass is 16.2. The van der Waals surface area contributed by atoms with Crippen LogP contribution >= 0.6 is 0 Å². The number of nitrogens with one attached hydrogen (secondary N) is 4. The minimum absolute atomic E-state index is 0.0645. The Hall–Kier alpha value is -4.36. The Morgan fingerprint density at radius 1 is 0.833 bits per heavy atom. The van der Waals surface area contributed by atoms with Gasteiger partial charge < -0.3 is 31.9 Å². The molecule has 4 atom stereocenters. The molecule has 0 aliphatic carbocycles. The molecule has 1 heterocycles. The average Bonchev–Trinajstić information content (AvgIpc) is 3.05. The van der Waals surface area contributed by atoms with Gasteiger partial charge in [0.2, 0.25) is 29.4 Å². The number of hydrogen-bond acceptors (Lipinski definition) is 8. The Balaban J connectivity index is 1.58. The van der Waals surface area contributed by atoms with Gasteiger partial charge in [0.15, 0.2) is 0 Å². The van der Waals surface area contributed by atoms with E-state index in [-0.39, 0.29) is 24.8 Å². The number of nitrogens with two attached hydrogens (primary N) is 1. The molecule has 1 saturated heterocycles. The molecule has 1 aliphatic rings. The van der Waals surface area contributed by atoms with E-state index in [1.165, 1.54) is 0 Å². The zero-order chi connectivity index (χ0) is 35.4. The molecule has 2 aromatic rings. The van der Waals surface area contributed by atoms with Crippen LogP contribution < -0.4 is 27.0 Å². The van der Waals surface area contributed by atoms with Gasteiger partial charge in [-0.15, -0.1) is 0 Å². The first-order chi connectivity index (χ1) is 22.8. The zero-order valence-corrected chi connectivity index (χ0v) is 28.7. The summed E-state index contributed by atoms with van der Waals surface area (Å²) in [7, 11) is 2.03. The van der Waals surface area contributed by atoms with Crippen molar-refractivity contribution >= 4 is 46.1 Å². The van der Waals surface area contributed by atoms with Gasteiger partial charge in [0.1, 0.15) is 12.1 Å².